The van der Waals surface area contributed by atoms with E-state index < -0.39 is 0 Å². The van der Waals surface area contributed by atoms with Crippen molar-refractivity contribution in [1.29, 1.82) is 0 Å². The number of pyridine rings is 1. The summed E-state index contributed by atoms with van der Waals surface area (Å²) in [4.78, 5) is 17.7. The highest BCUT2D eigenvalue weighted by molar-refractivity contribution is 6.18. The number of carbonyl (C=O) groups is 1. The molecule has 17 heavy (non-hydrogen) atoms. The molecule has 2 rings (SSSR count). The van der Waals surface area contributed by atoms with Gasteiger partial charge >= 0.3 is 0 Å². The summed E-state index contributed by atoms with van der Waals surface area (Å²) in [6, 6.07) is 3.82. The van der Waals surface area contributed by atoms with Crippen LogP contribution >= 0.6 is 0 Å². The smallest absolute Gasteiger partial charge is 0.159 e. The lowest BCUT2D eigenvalue weighted by Crippen LogP contribution is -2.36. The number of ether oxygens (including phenoxy) is 1. The second kappa shape index (κ2) is 5.10. The van der Waals surface area contributed by atoms with Gasteiger partial charge in [-0.25, -0.2) is 4.98 Å². The molecule has 4 nitrogen and oxygen atoms in total. The molecule has 0 aliphatic carbocycles. The van der Waals surface area contributed by atoms with Crippen molar-refractivity contribution in [3.63, 3.8) is 0 Å². The van der Waals surface area contributed by atoms with Crippen LogP contribution in [0, 0.1) is 0 Å². The number of nitrogens with zero attached hydrogens (tertiary/aromatic N) is 2. The quantitative estimate of drug-likeness (QED) is 0.741. The van der Waals surface area contributed by atoms with Gasteiger partial charge in [-0.15, -0.1) is 0 Å². The third-order valence-electron chi connectivity index (χ3n) is 2.86. The zero-order valence-electron chi connectivity index (χ0n) is 9.98. The molecule has 0 atom stereocenters. The number of Topliss-reactive ketones (excluding diaryl/α,β-unsaturated/α-hetero) is 1. The highest BCUT2D eigenvalue weighted by atomic mass is 16.5. The van der Waals surface area contributed by atoms with E-state index in [2.05, 4.69) is 16.5 Å². The Balaban J connectivity index is 2.12. The fourth-order valence-corrected chi connectivity index (χ4v) is 1.75. The summed E-state index contributed by atoms with van der Waals surface area (Å²) < 4.78 is 5.29. The summed E-state index contributed by atoms with van der Waals surface area (Å²) in [6.07, 6.45) is 1.70. The number of morpholine rings is 1. The van der Waals surface area contributed by atoms with Crippen molar-refractivity contribution in [3.05, 3.63) is 30.5 Å². The molecule has 0 unspecified atom stereocenters. The van der Waals surface area contributed by atoms with E-state index in [0.717, 1.165) is 37.7 Å². The Labute approximate surface area is 101 Å². The Morgan fingerprint density at radius 1 is 1.41 bits per heavy atom. The number of hydrogen-bond donors (Lipinski definition) is 0. The molecule has 1 fully saturated rings. The monoisotopic (exact) mass is 232 g/mol. The van der Waals surface area contributed by atoms with Gasteiger partial charge in [0.2, 0.25) is 0 Å². The number of aromatic nitrogens is 1. The molecule has 0 N–H and O–H groups in total. The van der Waals surface area contributed by atoms with Gasteiger partial charge in [0.05, 0.1) is 13.2 Å². The number of allylic oxidation sites excluding steroid dienone is 1. The van der Waals surface area contributed by atoms with Crippen molar-refractivity contribution in [3.8, 4) is 0 Å². The summed E-state index contributed by atoms with van der Waals surface area (Å²) in [6.45, 7) is 8.46. The molecule has 1 saturated heterocycles. The van der Waals surface area contributed by atoms with Crippen LogP contribution in [0.1, 0.15) is 12.5 Å². The lowest BCUT2D eigenvalue weighted by Gasteiger charge is -2.27. The van der Waals surface area contributed by atoms with Crippen LogP contribution in [0.4, 0.5) is 5.82 Å². The average Bonchev–Trinajstić information content (AvgIpc) is 2.39. The van der Waals surface area contributed by atoms with Crippen LogP contribution in [0.15, 0.2) is 24.9 Å². The van der Waals surface area contributed by atoms with Gasteiger partial charge < -0.3 is 9.64 Å². The van der Waals surface area contributed by atoms with Crippen LogP contribution in [0.25, 0.3) is 5.57 Å². The van der Waals surface area contributed by atoms with E-state index in [1.54, 1.807) is 6.20 Å². The summed E-state index contributed by atoms with van der Waals surface area (Å²) in [5, 5.41) is 0. The second-order valence-electron chi connectivity index (χ2n) is 4.04. The van der Waals surface area contributed by atoms with Crippen molar-refractivity contribution < 1.29 is 9.53 Å². The number of rotatable bonds is 3. The van der Waals surface area contributed by atoms with Gasteiger partial charge in [-0.2, -0.15) is 0 Å². The molecule has 2 heterocycles. The first-order valence-corrected chi connectivity index (χ1v) is 5.67. The molecule has 1 aromatic heterocycles. The largest absolute Gasteiger partial charge is 0.378 e. The van der Waals surface area contributed by atoms with E-state index in [0.29, 0.717) is 5.57 Å². The van der Waals surface area contributed by atoms with Crippen molar-refractivity contribution in [2.45, 2.75) is 6.92 Å². The first-order valence-electron chi connectivity index (χ1n) is 5.67. The van der Waals surface area contributed by atoms with Crippen molar-refractivity contribution in [2.75, 3.05) is 31.2 Å². The molecule has 0 radical (unpaired) electrons. The van der Waals surface area contributed by atoms with Crippen LogP contribution < -0.4 is 4.90 Å². The van der Waals surface area contributed by atoms with E-state index in [1.165, 1.54) is 6.92 Å². The average molecular weight is 232 g/mol. The maximum Gasteiger partial charge on any atom is 0.159 e. The summed E-state index contributed by atoms with van der Waals surface area (Å²) in [5.74, 6) is 0.902. The minimum atomic E-state index is -0.0223. The van der Waals surface area contributed by atoms with Gasteiger partial charge in [0.25, 0.3) is 0 Å². The fraction of sp³-hybridized carbons (Fsp3) is 0.385. The molecule has 90 valence electrons. The lowest BCUT2D eigenvalue weighted by atomic mass is 10.1. The van der Waals surface area contributed by atoms with Gasteiger partial charge in [0, 0.05) is 30.4 Å². The molecule has 0 saturated carbocycles. The van der Waals surface area contributed by atoms with E-state index in [-0.39, 0.29) is 5.78 Å². The number of hydrogen-bond acceptors (Lipinski definition) is 4. The second-order valence-corrected chi connectivity index (χ2v) is 4.04. The third-order valence-corrected chi connectivity index (χ3v) is 2.86. The topological polar surface area (TPSA) is 42.4 Å². The molecule has 1 aliphatic rings. The molecule has 0 spiro atoms. The van der Waals surface area contributed by atoms with Gasteiger partial charge in [-0.3, -0.25) is 4.79 Å². The van der Waals surface area contributed by atoms with Gasteiger partial charge in [0.15, 0.2) is 5.78 Å². The van der Waals surface area contributed by atoms with Gasteiger partial charge in [0.1, 0.15) is 5.82 Å². The Hall–Kier alpha value is -1.68. The zero-order valence-corrected chi connectivity index (χ0v) is 9.98. The van der Waals surface area contributed by atoms with E-state index in [9.17, 15) is 4.79 Å². The zero-order chi connectivity index (χ0) is 12.3. The Morgan fingerprint density at radius 3 is 2.65 bits per heavy atom. The van der Waals surface area contributed by atoms with Crippen LogP contribution in [0.5, 0.6) is 0 Å². The predicted octanol–water partition coefficient (Wildman–Crippen LogP) is 1.52. The third kappa shape index (κ3) is 2.71. The van der Waals surface area contributed by atoms with E-state index in [4.69, 9.17) is 4.74 Å². The normalized spacial score (nSPS) is 15.7. The molecule has 0 bridgehead atoms. The molecule has 1 aliphatic heterocycles. The number of ketones is 1. The fourth-order valence-electron chi connectivity index (χ4n) is 1.75. The SMILES string of the molecule is C=C(C(C)=O)c1ccc(N2CCOCC2)nc1. The molecule has 4 heteroatoms. The van der Waals surface area contributed by atoms with E-state index >= 15 is 0 Å². The van der Waals surface area contributed by atoms with Crippen LogP contribution in [-0.4, -0.2) is 37.1 Å². The summed E-state index contributed by atoms with van der Waals surface area (Å²) in [5.41, 5.74) is 1.29. The predicted molar refractivity (Wildman–Crippen MR) is 67.0 cm³/mol. The van der Waals surface area contributed by atoms with Crippen molar-refractivity contribution >= 4 is 17.2 Å². The van der Waals surface area contributed by atoms with E-state index in [1.807, 2.05) is 12.1 Å². The number of anilines is 1. The standard InChI is InChI=1S/C13H16N2O2/c1-10(11(2)16)12-3-4-13(14-9-12)15-5-7-17-8-6-15/h3-4,9H,1,5-8H2,2H3. The maximum atomic E-state index is 11.2. The molecule has 0 aromatic carbocycles. The Bertz CT molecular complexity index is 420. The highest BCUT2D eigenvalue weighted by Crippen LogP contribution is 2.17. The molecular weight excluding hydrogens is 216 g/mol. The molecular formula is C13H16N2O2. The number of carbonyl (C=O) groups excluding carboxylic acids is 1. The van der Waals surface area contributed by atoms with Crippen LogP contribution in [0.2, 0.25) is 0 Å². The van der Waals surface area contributed by atoms with Gasteiger partial charge in [-0.1, -0.05) is 6.58 Å². The minimum Gasteiger partial charge on any atom is -0.378 e. The summed E-state index contributed by atoms with van der Waals surface area (Å²) >= 11 is 0. The minimum absolute atomic E-state index is 0.0223. The Morgan fingerprint density at radius 2 is 2.12 bits per heavy atom. The lowest BCUT2D eigenvalue weighted by molar-refractivity contribution is -0.111. The first kappa shape index (κ1) is 11.8. The summed E-state index contributed by atoms with van der Waals surface area (Å²) in [7, 11) is 0. The molecule has 1 aromatic rings. The van der Waals surface area contributed by atoms with Crippen LogP contribution in [-0.2, 0) is 9.53 Å². The first-order chi connectivity index (χ1) is 8.18. The maximum absolute atomic E-state index is 11.2. The Kier molecular flexibility index (Phi) is 3.54. The highest BCUT2D eigenvalue weighted by Gasteiger charge is 2.12. The van der Waals surface area contributed by atoms with Crippen molar-refractivity contribution in [2.24, 2.45) is 0 Å². The van der Waals surface area contributed by atoms with Crippen LogP contribution in [0.3, 0.4) is 0 Å². The van der Waals surface area contributed by atoms with Gasteiger partial charge in [-0.05, 0) is 19.1 Å². The molecule has 0 amide bonds. The van der Waals surface area contributed by atoms with Crippen molar-refractivity contribution in [1.82, 2.24) is 4.98 Å².